The summed E-state index contributed by atoms with van der Waals surface area (Å²) in [5, 5.41) is 0. The van der Waals surface area contributed by atoms with Crippen molar-refractivity contribution in [3.05, 3.63) is 106 Å². The molecule has 0 N–H and O–H groups in total. The van der Waals surface area contributed by atoms with Crippen LogP contribution in [0.1, 0.15) is 11.1 Å². The molecule has 12 heteroatoms. The summed E-state index contributed by atoms with van der Waals surface area (Å²) in [5.41, 5.74) is -11.7. The van der Waals surface area contributed by atoms with E-state index in [1.807, 2.05) is 0 Å². The van der Waals surface area contributed by atoms with Gasteiger partial charge in [0.15, 0.2) is 58.2 Å². The second-order valence-electron chi connectivity index (χ2n) is 7.92. The smallest absolute Gasteiger partial charge is 0.204 e. The Morgan fingerprint density at radius 1 is 0.378 bits per heavy atom. The van der Waals surface area contributed by atoms with Gasteiger partial charge in [-0.25, -0.2) is 43.9 Å². The van der Waals surface area contributed by atoms with Crippen LogP contribution in [-0.2, 0) is 5.92 Å². The summed E-state index contributed by atoms with van der Waals surface area (Å²) in [6, 6.07) is 4.91. The molecule has 0 atom stereocenters. The summed E-state index contributed by atoms with van der Waals surface area (Å²) < 4.78 is 174. The molecular formula is C25H6F12. The number of benzene rings is 4. The SMILES string of the molecule is Fc1ccc(-c2ccccc2-c2c(F)c(F)c(F)c3c2C(F)(F)c2c(F)c(F)c(F)c(F)c2-3)c(F)c1F. The van der Waals surface area contributed by atoms with E-state index >= 15 is 13.2 Å². The Labute approximate surface area is 198 Å². The standard InChI is InChI=1S/C25H6F12/c26-10-6-5-9(16(27)17(10)28)7-3-1-2-4-8(7)11-14-12(19(30)22(33)18(11)29)13-15(25(14,36)37)21(32)24(35)23(34)20(13)31/h1-6H. The highest BCUT2D eigenvalue weighted by atomic mass is 19.3. The normalized spacial score (nSPS) is 13.6. The first kappa shape index (κ1) is 24.7. The van der Waals surface area contributed by atoms with E-state index in [1.54, 1.807) is 0 Å². The van der Waals surface area contributed by atoms with Crippen molar-refractivity contribution in [1.29, 1.82) is 0 Å². The monoisotopic (exact) mass is 534 g/mol. The second kappa shape index (κ2) is 8.02. The molecule has 1 aliphatic carbocycles. The fourth-order valence-corrected chi connectivity index (χ4v) is 4.42. The summed E-state index contributed by atoms with van der Waals surface area (Å²) in [4.78, 5) is 0. The first-order chi connectivity index (χ1) is 17.3. The molecule has 0 amide bonds. The highest BCUT2D eigenvalue weighted by Crippen LogP contribution is 2.59. The fourth-order valence-electron chi connectivity index (χ4n) is 4.42. The molecular weight excluding hydrogens is 528 g/mol. The molecule has 0 nitrogen and oxygen atoms in total. The molecule has 0 radical (unpaired) electrons. The van der Waals surface area contributed by atoms with Crippen LogP contribution in [0, 0.1) is 58.2 Å². The van der Waals surface area contributed by atoms with Gasteiger partial charge in [0.2, 0.25) is 0 Å². The lowest BCUT2D eigenvalue weighted by Gasteiger charge is -2.20. The van der Waals surface area contributed by atoms with Gasteiger partial charge in [-0.3, -0.25) is 0 Å². The maximum absolute atomic E-state index is 15.5. The minimum Gasteiger partial charge on any atom is -0.204 e. The molecule has 190 valence electrons. The first-order valence-electron chi connectivity index (χ1n) is 10.0. The molecule has 4 aromatic rings. The number of hydrogen-bond acceptors (Lipinski definition) is 0. The van der Waals surface area contributed by atoms with Gasteiger partial charge in [0.05, 0.1) is 5.56 Å². The van der Waals surface area contributed by atoms with Crippen molar-refractivity contribution in [1.82, 2.24) is 0 Å². The summed E-state index contributed by atoms with van der Waals surface area (Å²) in [5.74, 6) is -28.2. The Hall–Kier alpha value is -3.96. The third-order valence-corrected chi connectivity index (χ3v) is 5.99. The fraction of sp³-hybridized carbons (Fsp3) is 0.0400. The topological polar surface area (TPSA) is 0 Å². The summed E-state index contributed by atoms with van der Waals surface area (Å²) >= 11 is 0. The molecule has 0 saturated carbocycles. The summed E-state index contributed by atoms with van der Waals surface area (Å²) in [6.07, 6.45) is 0. The molecule has 37 heavy (non-hydrogen) atoms. The highest BCUT2D eigenvalue weighted by molar-refractivity contribution is 5.93. The van der Waals surface area contributed by atoms with Crippen LogP contribution in [0.15, 0.2) is 36.4 Å². The molecule has 1 aliphatic rings. The van der Waals surface area contributed by atoms with Crippen molar-refractivity contribution in [3.63, 3.8) is 0 Å². The van der Waals surface area contributed by atoms with E-state index in [9.17, 15) is 39.5 Å². The lowest BCUT2D eigenvalue weighted by atomic mass is 9.88. The van der Waals surface area contributed by atoms with Gasteiger partial charge in [0, 0.05) is 27.8 Å². The minimum atomic E-state index is -4.98. The average molecular weight is 534 g/mol. The van der Waals surface area contributed by atoms with Crippen LogP contribution < -0.4 is 0 Å². The molecule has 5 rings (SSSR count). The Bertz CT molecular complexity index is 1660. The molecule has 0 heterocycles. The van der Waals surface area contributed by atoms with Gasteiger partial charge in [-0.1, -0.05) is 24.3 Å². The first-order valence-corrected chi connectivity index (χ1v) is 10.0. The number of hydrogen-bond donors (Lipinski definition) is 0. The molecule has 0 unspecified atom stereocenters. The quantitative estimate of drug-likeness (QED) is 0.137. The Kier molecular flexibility index (Phi) is 5.36. The maximum atomic E-state index is 15.5. The third-order valence-electron chi connectivity index (χ3n) is 5.99. The Morgan fingerprint density at radius 2 is 0.865 bits per heavy atom. The summed E-state index contributed by atoms with van der Waals surface area (Å²) in [6.45, 7) is 0. The zero-order valence-electron chi connectivity index (χ0n) is 17.5. The van der Waals surface area contributed by atoms with Crippen LogP contribution in [0.5, 0.6) is 0 Å². The van der Waals surface area contributed by atoms with E-state index < -0.39 is 109 Å². The number of alkyl halides is 2. The van der Waals surface area contributed by atoms with E-state index in [0.29, 0.717) is 12.1 Å². The van der Waals surface area contributed by atoms with Crippen molar-refractivity contribution < 1.29 is 52.7 Å². The van der Waals surface area contributed by atoms with Crippen LogP contribution in [0.4, 0.5) is 52.7 Å². The predicted molar refractivity (Wildman–Crippen MR) is 105 cm³/mol. The zero-order valence-corrected chi connectivity index (χ0v) is 17.5. The Balaban J connectivity index is 1.96. The van der Waals surface area contributed by atoms with Gasteiger partial charge in [-0.2, -0.15) is 8.78 Å². The molecule has 0 fully saturated rings. The van der Waals surface area contributed by atoms with Crippen molar-refractivity contribution in [3.8, 4) is 33.4 Å². The minimum absolute atomic E-state index is 0.442. The predicted octanol–water partition coefficient (Wildman–Crippen LogP) is 8.53. The van der Waals surface area contributed by atoms with Gasteiger partial charge in [0.1, 0.15) is 0 Å². The van der Waals surface area contributed by atoms with Crippen molar-refractivity contribution >= 4 is 0 Å². The largest absolute Gasteiger partial charge is 0.303 e. The lowest BCUT2D eigenvalue weighted by Crippen LogP contribution is -2.17. The van der Waals surface area contributed by atoms with E-state index in [0.717, 1.165) is 24.3 Å². The van der Waals surface area contributed by atoms with E-state index in [4.69, 9.17) is 0 Å². The number of fused-ring (bicyclic) bond motifs is 3. The van der Waals surface area contributed by atoms with Crippen molar-refractivity contribution in [2.75, 3.05) is 0 Å². The van der Waals surface area contributed by atoms with Crippen LogP contribution in [-0.4, -0.2) is 0 Å². The van der Waals surface area contributed by atoms with Gasteiger partial charge < -0.3 is 0 Å². The molecule has 0 saturated heterocycles. The lowest BCUT2D eigenvalue weighted by molar-refractivity contribution is 0.0430. The summed E-state index contributed by atoms with van der Waals surface area (Å²) in [7, 11) is 0. The van der Waals surface area contributed by atoms with Crippen LogP contribution in [0.3, 0.4) is 0 Å². The van der Waals surface area contributed by atoms with Gasteiger partial charge in [-0.05, 0) is 23.3 Å². The number of rotatable bonds is 2. The molecule has 0 spiro atoms. The zero-order chi connectivity index (χ0) is 27.1. The molecule has 0 aliphatic heterocycles. The average Bonchev–Trinajstić information content (AvgIpc) is 3.11. The van der Waals surface area contributed by atoms with E-state index in [-0.39, 0.29) is 0 Å². The van der Waals surface area contributed by atoms with Crippen molar-refractivity contribution in [2.45, 2.75) is 5.92 Å². The Morgan fingerprint density at radius 3 is 1.49 bits per heavy atom. The van der Waals surface area contributed by atoms with Crippen LogP contribution in [0.2, 0.25) is 0 Å². The van der Waals surface area contributed by atoms with E-state index in [1.165, 1.54) is 0 Å². The molecule has 0 aromatic heterocycles. The number of halogens is 12. The molecule has 4 aromatic carbocycles. The molecule has 0 bridgehead atoms. The van der Waals surface area contributed by atoms with Crippen LogP contribution in [0.25, 0.3) is 33.4 Å². The van der Waals surface area contributed by atoms with Gasteiger partial charge in [0.25, 0.3) is 0 Å². The highest BCUT2D eigenvalue weighted by Gasteiger charge is 2.54. The third kappa shape index (κ3) is 3.13. The van der Waals surface area contributed by atoms with Crippen molar-refractivity contribution in [2.24, 2.45) is 0 Å². The van der Waals surface area contributed by atoms with Gasteiger partial charge >= 0.3 is 5.92 Å². The maximum Gasteiger partial charge on any atom is 0.303 e. The van der Waals surface area contributed by atoms with Gasteiger partial charge in [-0.15, -0.1) is 0 Å². The second-order valence-corrected chi connectivity index (χ2v) is 7.92. The van der Waals surface area contributed by atoms with E-state index in [2.05, 4.69) is 0 Å². The van der Waals surface area contributed by atoms with Crippen LogP contribution >= 0.6 is 0 Å².